The molecule has 1 aliphatic carbocycles. The second kappa shape index (κ2) is 2.91. The van der Waals surface area contributed by atoms with Gasteiger partial charge in [0.15, 0.2) is 0 Å². The summed E-state index contributed by atoms with van der Waals surface area (Å²) >= 11 is 0. The van der Waals surface area contributed by atoms with Crippen LogP contribution in [-0.2, 0) is 0 Å². The Morgan fingerprint density at radius 1 is 1.00 bits per heavy atom. The number of hydrogen-bond acceptors (Lipinski definition) is 1. The van der Waals surface area contributed by atoms with Gasteiger partial charge in [-0.25, -0.2) is 0 Å². The molecule has 2 N–H and O–H groups in total. The summed E-state index contributed by atoms with van der Waals surface area (Å²) in [5.41, 5.74) is 5.93. The Labute approximate surface area is 64.0 Å². The molecule has 0 aromatic carbocycles. The maximum atomic E-state index is 5.93. The molecular weight excluding hydrogens is 122 g/mol. The molecule has 1 rings (SSSR count). The van der Waals surface area contributed by atoms with Gasteiger partial charge in [0, 0.05) is 6.04 Å². The Morgan fingerprint density at radius 2 is 1.60 bits per heavy atom. The summed E-state index contributed by atoms with van der Waals surface area (Å²) in [6, 6.07) is 0.464. The first kappa shape index (κ1) is 8.06. The molecular formula is C9H19N. The van der Waals surface area contributed by atoms with Gasteiger partial charge in [-0.05, 0) is 30.6 Å². The van der Waals surface area contributed by atoms with Crippen molar-refractivity contribution in [3.05, 3.63) is 0 Å². The highest BCUT2D eigenvalue weighted by molar-refractivity contribution is 4.82. The van der Waals surface area contributed by atoms with Crippen LogP contribution in [0.1, 0.15) is 33.6 Å². The third-order valence-corrected chi connectivity index (χ3v) is 3.36. The van der Waals surface area contributed by atoms with Crippen LogP contribution in [0.3, 0.4) is 0 Å². The average Bonchev–Trinajstić information content (AvgIpc) is 1.93. The van der Waals surface area contributed by atoms with Gasteiger partial charge >= 0.3 is 0 Å². The minimum atomic E-state index is 0.464. The predicted molar refractivity (Wildman–Crippen MR) is 44.7 cm³/mol. The molecule has 3 unspecified atom stereocenters. The van der Waals surface area contributed by atoms with E-state index in [0.717, 1.165) is 17.8 Å². The maximum absolute atomic E-state index is 5.93. The second-order valence-corrected chi connectivity index (χ2v) is 3.94. The molecule has 0 amide bonds. The first-order valence-corrected chi connectivity index (χ1v) is 4.38. The van der Waals surface area contributed by atoms with Crippen LogP contribution in [0, 0.1) is 17.8 Å². The Morgan fingerprint density at radius 3 is 2.10 bits per heavy atom. The predicted octanol–water partition coefficient (Wildman–Crippen LogP) is 2.02. The van der Waals surface area contributed by atoms with Crippen molar-refractivity contribution in [3.8, 4) is 0 Å². The molecule has 0 aliphatic heterocycles. The van der Waals surface area contributed by atoms with Gasteiger partial charge < -0.3 is 5.73 Å². The third-order valence-electron chi connectivity index (χ3n) is 3.36. The van der Waals surface area contributed by atoms with E-state index in [1.807, 2.05) is 0 Å². The molecule has 1 aliphatic rings. The molecule has 0 aromatic heterocycles. The van der Waals surface area contributed by atoms with Gasteiger partial charge in [-0.3, -0.25) is 0 Å². The molecule has 0 spiro atoms. The summed E-state index contributed by atoms with van der Waals surface area (Å²) in [6.45, 7) is 6.95. The summed E-state index contributed by atoms with van der Waals surface area (Å²) in [5, 5.41) is 0. The molecule has 4 atom stereocenters. The fourth-order valence-corrected chi connectivity index (χ4v) is 1.89. The summed E-state index contributed by atoms with van der Waals surface area (Å²) < 4.78 is 0. The van der Waals surface area contributed by atoms with Crippen molar-refractivity contribution in [3.63, 3.8) is 0 Å². The van der Waals surface area contributed by atoms with Gasteiger partial charge in [0.05, 0.1) is 0 Å². The number of hydrogen-bond donors (Lipinski definition) is 1. The van der Waals surface area contributed by atoms with Crippen LogP contribution in [0.15, 0.2) is 0 Å². The van der Waals surface area contributed by atoms with E-state index in [9.17, 15) is 0 Å². The van der Waals surface area contributed by atoms with Crippen LogP contribution >= 0.6 is 0 Å². The van der Waals surface area contributed by atoms with E-state index in [0.29, 0.717) is 6.04 Å². The van der Waals surface area contributed by atoms with Crippen molar-refractivity contribution in [2.45, 2.75) is 39.7 Å². The van der Waals surface area contributed by atoms with Crippen LogP contribution in [0.25, 0.3) is 0 Å². The highest BCUT2D eigenvalue weighted by atomic mass is 14.7. The van der Waals surface area contributed by atoms with Crippen molar-refractivity contribution < 1.29 is 0 Å². The lowest BCUT2D eigenvalue weighted by molar-refractivity contribution is 0.171. The largest absolute Gasteiger partial charge is 0.327 e. The van der Waals surface area contributed by atoms with Crippen molar-refractivity contribution in [2.75, 3.05) is 0 Å². The Kier molecular flexibility index (Phi) is 2.35. The minimum absolute atomic E-state index is 0.464. The summed E-state index contributed by atoms with van der Waals surface area (Å²) in [7, 11) is 0. The van der Waals surface area contributed by atoms with Gasteiger partial charge in [0.25, 0.3) is 0 Å². The molecule has 1 fully saturated rings. The van der Waals surface area contributed by atoms with Gasteiger partial charge in [0.2, 0.25) is 0 Å². The van der Waals surface area contributed by atoms with Gasteiger partial charge in [0.1, 0.15) is 0 Å². The molecule has 10 heavy (non-hydrogen) atoms. The third kappa shape index (κ3) is 1.34. The number of rotatable bonds is 0. The van der Waals surface area contributed by atoms with E-state index < -0.39 is 0 Å². The standard InChI is InChI=1S/C9H19N/c1-6-4-5-9(10)8(3)7(6)2/h6-9H,4-5,10H2,1-3H3/t6?,7?,8-,9?/m0/s1. The van der Waals surface area contributed by atoms with Gasteiger partial charge in [-0.15, -0.1) is 0 Å². The van der Waals surface area contributed by atoms with Crippen molar-refractivity contribution in [2.24, 2.45) is 23.5 Å². The summed E-state index contributed by atoms with van der Waals surface area (Å²) in [4.78, 5) is 0. The molecule has 1 nitrogen and oxygen atoms in total. The van der Waals surface area contributed by atoms with E-state index in [1.165, 1.54) is 12.8 Å². The summed E-state index contributed by atoms with van der Waals surface area (Å²) in [6.07, 6.45) is 2.55. The molecule has 60 valence electrons. The Hall–Kier alpha value is -0.0400. The Bertz CT molecular complexity index is 97.3. The normalized spacial score (nSPS) is 49.2. The van der Waals surface area contributed by atoms with Crippen LogP contribution < -0.4 is 5.73 Å². The van der Waals surface area contributed by atoms with E-state index in [4.69, 9.17) is 5.73 Å². The van der Waals surface area contributed by atoms with Gasteiger partial charge in [-0.2, -0.15) is 0 Å². The lowest BCUT2D eigenvalue weighted by Gasteiger charge is -2.36. The van der Waals surface area contributed by atoms with Crippen molar-refractivity contribution in [1.82, 2.24) is 0 Å². The quantitative estimate of drug-likeness (QED) is 0.548. The Balaban J connectivity index is 2.52. The van der Waals surface area contributed by atoms with E-state index in [-0.39, 0.29) is 0 Å². The van der Waals surface area contributed by atoms with Crippen molar-refractivity contribution >= 4 is 0 Å². The first-order chi connectivity index (χ1) is 4.63. The highest BCUT2D eigenvalue weighted by Gasteiger charge is 2.28. The van der Waals surface area contributed by atoms with E-state index in [2.05, 4.69) is 20.8 Å². The lowest BCUT2D eigenvalue weighted by atomic mass is 9.72. The second-order valence-electron chi connectivity index (χ2n) is 3.94. The van der Waals surface area contributed by atoms with Gasteiger partial charge in [-0.1, -0.05) is 20.8 Å². The van der Waals surface area contributed by atoms with E-state index >= 15 is 0 Å². The van der Waals surface area contributed by atoms with Crippen LogP contribution in [0.4, 0.5) is 0 Å². The zero-order valence-electron chi connectivity index (χ0n) is 7.30. The smallest absolute Gasteiger partial charge is 0.00672 e. The monoisotopic (exact) mass is 141 g/mol. The zero-order chi connectivity index (χ0) is 7.72. The highest BCUT2D eigenvalue weighted by Crippen LogP contribution is 2.32. The molecule has 0 bridgehead atoms. The first-order valence-electron chi connectivity index (χ1n) is 4.38. The molecule has 1 saturated carbocycles. The fourth-order valence-electron chi connectivity index (χ4n) is 1.89. The fraction of sp³-hybridized carbons (Fsp3) is 1.00. The molecule has 0 heterocycles. The number of nitrogens with two attached hydrogens (primary N) is 1. The van der Waals surface area contributed by atoms with Crippen molar-refractivity contribution in [1.29, 1.82) is 0 Å². The minimum Gasteiger partial charge on any atom is -0.327 e. The summed E-state index contributed by atoms with van der Waals surface area (Å²) in [5.74, 6) is 2.43. The van der Waals surface area contributed by atoms with Crippen LogP contribution in [0.5, 0.6) is 0 Å². The molecule has 0 aromatic rings. The van der Waals surface area contributed by atoms with Crippen LogP contribution in [-0.4, -0.2) is 6.04 Å². The van der Waals surface area contributed by atoms with Crippen LogP contribution in [0.2, 0.25) is 0 Å². The average molecular weight is 141 g/mol. The molecule has 0 radical (unpaired) electrons. The molecule has 0 saturated heterocycles. The van der Waals surface area contributed by atoms with E-state index in [1.54, 1.807) is 0 Å². The SMILES string of the molecule is CC1CCC(N)[C@@H](C)C1C. The maximum Gasteiger partial charge on any atom is 0.00672 e. The lowest BCUT2D eigenvalue weighted by Crippen LogP contribution is -2.39. The molecule has 1 heteroatoms. The zero-order valence-corrected chi connectivity index (χ0v) is 7.30. The topological polar surface area (TPSA) is 26.0 Å².